The zero-order valence-corrected chi connectivity index (χ0v) is 14.1. The van der Waals surface area contributed by atoms with E-state index in [1.165, 1.54) is 6.92 Å². The summed E-state index contributed by atoms with van der Waals surface area (Å²) in [5.41, 5.74) is 2.49. The van der Waals surface area contributed by atoms with E-state index in [2.05, 4.69) is 10.3 Å². The quantitative estimate of drug-likeness (QED) is 0.886. The van der Waals surface area contributed by atoms with Gasteiger partial charge in [0.2, 0.25) is 5.91 Å². The number of aryl methyl sites for hydroxylation is 1. The van der Waals surface area contributed by atoms with Crippen LogP contribution in [0.3, 0.4) is 0 Å². The number of anilines is 1. The van der Waals surface area contributed by atoms with E-state index < -0.39 is 11.9 Å². The summed E-state index contributed by atoms with van der Waals surface area (Å²) in [6, 6.07) is 7.51. The van der Waals surface area contributed by atoms with E-state index in [9.17, 15) is 14.7 Å². The van der Waals surface area contributed by atoms with E-state index in [0.29, 0.717) is 6.42 Å². The normalized spacial score (nSPS) is 16.8. The van der Waals surface area contributed by atoms with Crippen LogP contribution in [-0.2, 0) is 16.0 Å². The number of hydrogen-bond acceptors (Lipinski definition) is 4. The Hall–Kier alpha value is -2.47. The largest absolute Gasteiger partial charge is 0.481 e. The smallest absolute Gasteiger partial charge is 0.312 e. The number of amides is 1. The van der Waals surface area contributed by atoms with Crippen LogP contribution in [-0.4, -0.2) is 22.0 Å². The SMILES string of the molecule is CC(=O)Nc1ccc(/C=C/c2nc3c(s2)CCCC3C(=O)O)cc1. The molecule has 1 aliphatic rings. The van der Waals surface area contributed by atoms with Crippen molar-refractivity contribution in [2.75, 3.05) is 5.32 Å². The highest BCUT2D eigenvalue weighted by atomic mass is 32.1. The summed E-state index contributed by atoms with van der Waals surface area (Å²) in [6.07, 6.45) is 6.34. The van der Waals surface area contributed by atoms with Gasteiger partial charge in [0, 0.05) is 17.5 Å². The van der Waals surface area contributed by atoms with Crippen molar-refractivity contribution in [3.8, 4) is 0 Å². The fourth-order valence-electron chi connectivity index (χ4n) is 2.80. The monoisotopic (exact) mass is 342 g/mol. The third-order valence-electron chi connectivity index (χ3n) is 3.92. The molecule has 5 nitrogen and oxygen atoms in total. The van der Waals surface area contributed by atoms with Gasteiger partial charge in [-0.3, -0.25) is 9.59 Å². The Morgan fingerprint density at radius 3 is 2.71 bits per heavy atom. The van der Waals surface area contributed by atoms with Gasteiger partial charge < -0.3 is 10.4 Å². The van der Waals surface area contributed by atoms with Gasteiger partial charge in [0.05, 0.1) is 11.6 Å². The molecule has 0 radical (unpaired) electrons. The third-order valence-corrected chi connectivity index (χ3v) is 5.01. The number of aliphatic carboxylic acids is 1. The standard InChI is InChI=1S/C18H18N2O3S/c1-11(21)19-13-8-5-12(6-9-13)7-10-16-20-17-14(18(22)23)3-2-4-15(17)24-16/h5-10,14H,2-4H2,1H3,(H,19,21)(H,22,23)/b10-7+. The zero-order valence-electron chi connectivity index (χ0n) is 13.3. The molecule has 0 saturated heterocycles. The first-order valence-corrected chi connectivity index (χ1v) is 8.63. The number of benzene rings is 1. The van der Waals surface area contributed by atoms with Gasteiger partial charge >= 0.3 is 5.97 Å². The summed E-state index contributed by atoms with van der Waals surface area (Å²) in [7, 11) is 0. The van der Waals surface area contributed by atoms with Crippen LogP contribution in [0, 0.1) is 0 Å². The van der Waals surface area contributed by atoms with Crippen LogP contribution in [0.2, 0.25) is 0 Å². The van der Waals surface area contributed by atoms with Crippen LogP contribution in [0.25, 0.3) is 12.2 Å². The Balaban J connectivity index is 1.75. The van der Waals surface area contributed by atoms with Crippen molar-refractivity contribution in [1.82, 2.24) is 4.98 Å². The molecule has 2 N–H and O–H groups in total. The Kier molecular flexibility index (Phi) is 4.76. The number of rotatable bonds is 4. The lowest BCUT2D eigenvalue weighted by molar-refractivity contribution is -0.139. The second-order valence-electron chi connectivity index (χ2n) is 5.78. The van der Waals surface area contributed by atoms with E-state index in [1.54, 1.807) is 11.3 Å². The molecule has 0 aliphatic heterocycles. The molecule has 0 spiro atoms. The number of aromatic nitrogens is 1. The molecule has 1 aliphatic carbocycles. The molecule has 1 aromatic heterocycles. The van der Waals surface area contributed by atoms with Crippen molar-refractivity contribution in [2.24, 2.45) is 0 Å². The maximum atomic E-state index is 11.3. The van der Waals surface area contributed by atoms with Crippen molar-refractivity contribution in [2.45, 2.75) is 32.1 Å². The molecule has 24 heavy (non-hydrogen) atoms. The van der Waals surface area contributed by atoms with Crippen molar-refractivity contribution >= 4 is 41.1 Å². The van der Waals surface area contributed by atoms with Gasteiger partial charge in [-0.05, 0) is 43.0 Å². The summed E-state index contributed by atoms with van der Waals surface area (Å²) in [6.45, 7) is 1.47. The van der Waals surface area contributed by atoms with E-state index in [0.717, 1.165) is 39.7 Å². The Labute approximate surface area is 144 Å². The number of thiazole rings is 1. The number of carbonyl (C=O) groups is 2. The van der Waals surface area contributed by atoms with Gasteiger partial charge in [0.25, 0.3) is 0 Å². The molecule has 1 amide bonds. The predicted molar refractivity (Wildman–Crippen MR) is 95.1 cm³/mol. The minimum Gasteiger partial charge on any atom is -0.481 e. The van der Waals surface area contributed by atoms with Gasteiger partial charge in [-0.25, -0.2) is 4.98 Å². The van der Waals surface area contributed by atoms with Crippen LogP contribution in [0.15, 0.2) is 24.3 Å². The number of carboxylic acid groups (broad SMARTS) is 1. The summed E-state index contributed by atoms with van der Waals surface area (Å²) in [4.78, 5) is 27.9. The van der Waals surface area contributed by atoms with Gasteiger partial charge in [-0.15, -0.1) is 11.3 Å². The lowest BCUT2D eigenvalue weighted by atomic mass is 9.91. The van der Waals surface area contributed by atoms with Crippen molar-refractivity contribution in [3.63, 3.8) is 0 Å². The molecular weight excluding hydrogens is 324 g/mol. The minimum atomic E-state index is -0.787. The van der Waals surface area contributed by atoms with Crippen LogP contribution in [0.1, 0.15) is 46.8 Å². The Morgan fingerprint density at radius 1 is 1.29 bits per heavy atom. The van der Waals surface area contributed by atoms with Crippen LogP contribution < -0.4 is 5.32 Å². The fourth-order valence-corrected chi connectivity index (χ4v) is 3.87. The first kappa shape index (κ1) is 16.4. The lowest BCUT2D eigenvalue weighted by Gasteiger charge is -2.16. The number of nitrogens with one attached hydrogen (secondary N) is 1. The van der Waals surface area contributed by atoms with E-state index in [1.807, 2.05) is 36.4 Å². The predicted octanol–water partition coefficient (Wildman–Crippen LogP) is 3.78. The maximum Gasteiger partial charge on any atom is 0.312 e. The van der Waals surface area contributed by atoms with Crippen molar-refractivity contribution < 1.29 is 14.7 Å². The number of nitrogens with zero attached hydrogens (tertiary/aromatic N) is 1. The highest BCUT2D eigenvalue weighted by Gasteiger charge is 2.29. The van der Waals surface area contributed by atoms with Gasteiger partial charge in [0.15, 0.2) is 0 Å². The van der Waals surface area contributed by atoms with Gasteiger partial charge in [0.1, 0.15) is 5.01 Å². The van der Waals surface area contributed by atoms with Gasteiger partial charge in [-0.1, -0.05) is 18.2 Å². The number of hydrogen-bond donors (Lipinski definition) is 2. The summed E-state index contributed by atoms with van der Waals surface area (Å²) >= 11 is 1.57. The molecule has 0 fully saturated rings. The molecule has 1 atom stereocenters. The Bertz CT molecular complexity index is 793. The topological polar surface area (TPSA) is 79.3 Å². The highest BCUT2D eigenvalue weighted by molar-refractivity contribution is 7.12. The lowest BCUT2D eigenvalue weighted by Crippen LogP contribution is -2.17. The average Bonchev–Trinajstić information content (AvgIpc) is 2.96. The van der Waals surface area contributed by atoms with E-state index in [4.69, 9.17) is 0 Å². The molecular formula is C18H18N2O3S. The molecule has 1 aromatic carbocycles. The number of fused-ring (bicyclic) bond motifs is 1. The summed E-state index contributed by atoms with van der Waals surface area (Å²) < 4.78 is 0. The summed E-state index contributed by atoms with van der Waals surface area (Å²) in [5.74, 6) is -1.35. The maximum absolute atomic E-state index is 11.3. The van der Waals surface area contributed by atoms with E-state index >= 15 is 0 Å². The second kappa shape index (κ2) is 6.97. The van der Waals surface area contributed by atoms with Gasteiger partial charge in [-0.2, -0.15) is 0 Å². The van der Waals surface area contributed by atoms with Crippen LogP contribution in [0.4, 0.5) is 5.69 Å². The molecule has 2 aromatic rings. The van der Waals surface area contributed by atoms with Crippen molar-refractivity contribution in [1.29, 1.82) is 0 Å². The first-order valence-electron chi connectivity index (χ1n) is 7.81. The molecule has 6 heteroatoms. The molecule has 0 saturated carbocycles. The fraction of sp³-hybridized carbons (Fsp3) is 0.278. The number of carbonyl (C=O) groups excluding carboxylic acids is 1. The molecule has 1 heterocycles. The first-order chi connectivity index (χ1) is 11.5. The third kappa shape index (κ3) is 3.71. The summed E-state index contributed by atoms with van der Waals surface area (Å²) in [5, 5.41) is 12.9. The molecule has 3 rings (SSSR count). The highest BCUT2D eigenvalue weighted by Crippen LogP contribution is 2.35. The molecule has 0 bridgehead atoms. The van der Waals surface area contributed by atoms with Crippen molar-refractivity contribution in [3.05, 3.63) is 45.4 Å². The Morgan fingerprint density at radius 2 is 2.04 bits per heavy atom. The molecule has 124 valence electrons. The number of carboxylic acids is 1. The second-order valence-corrected chi connectivity index (χ2v) is 6.90. The minimum absolute atomic E-state index is 0.0976. The molecule has 1 unspecified atom stereocenters. The van der Waals surface area contributed by atoms with Crippen LogP contribution in [0.5, 0.6) is 0 Å². The van der Waals surface area contributed by atoms with E-state index in [-0.39, 0.29) is 5.91 Å². The average molecular weight is 342 g/mol. The zero-order chi connectivity index (χ0) is 17.1. The van der Waals surface area contributed by atoms with Crippen LogP contribution >= 0.6 is 11.3 Å².